The number of rotatable bonds is 27. The largest absolute Gasteiger partial charge is 0.450 e. The summed E-state index contributed by atoms with van der Waals surface area (Å²) in [7, 11) is -0.643. The zero-order valence-electron chi connectivity index (χ0n) is 39.8. The van der Waals surface area contributed by atoms with Crippen molar-refractivity contribution < 1.29 is 42.3 Å². The van der Waals surface area contributed by atoms with Gasteiger partial charge >= 0.3 is 6.09 Å². The Labute approximate surface area is 401 Å². The van der Waals surface area contributed by atoms with Crippen LogP contribution in [-0.2, 0) is 35.3 Å². The van der Waals surface area contributed by atoms with E-state index >= 15 is 4.39 Å². The van der Waals surface area contributed by atoms with Crippen LogP contribution >= 0.6 is 11.8 Å². The van der Waals surface area contributed by atoms with Crippen molar-refractivity contribution >= 4 is 56.1 Å². The number of Topliss-reactive ketones (excluding diaryl/α,β-unsaturated/α-hetero) is 1. The Balaban J connectivity index is 1.53. The number of terminal acetylenes is 1. The number of nitrogens with one attached hydrogen (secondary N) is 2. The molecule has 0 spiro atoms. The first-order valence-electron chi connectivity index (χ1n) is 23.5. The molecule has 12 nitrogen and oxygen atoms in total. The fraction of sp³-hybridized carbons (Fsp3) is 0.529. The summed E-state index contributed by atoms with van der Waals surface area (Å²) >= 11 is 1.35. The number of alkyl carbamates (subject to hydrolysis) is 1. The summed E-state index contributed by atoms with van der Waals surface area (Å²) < 4.78 is 37.6. The molecule has 1 unspecified atom stereocenters. The third-order valence-electron chi connectivity index (χ3n) is 12.3. The summed E-state index contributed by atoms with van der Waals surface area (Å²) in [4.78, 5) is 79.3. The summed E-state index contributed by atoms with van der Waals surface area (Å²) in [6, 6.07) is 4.72. The van der Waals surface area contributed by atoms with Gasteiger partial charge in [0.05, 0.1) is 31.5 Å². The van der Waals surface area contributed by atoms with E-state index in [2.05, 4.69) is 36.6 Å². The molecule has 3 atom stereocenters. The highest BCUT2D eigenvalue weighted by Gasteiger charge is 2.36. The molecule has 1 aliphatic heterocycles. The zero-order valence-corrected chi connectivity index (χ0v) is 41.6. The van der Waals surface area contributed by atoms with Crippen molar-refractivity contribution in [2.45, 2.75) is 116 Å². The quantitative estimate of drug-likeness (QED) is 0.0297. The van der Waals surface area contributed by atoms with E-state index in [0.717, 1.165) is 73.4 Å². The molecule has 0 saturated heterocycles. The van der Waals surface area contributed by atoms with Crippen molar-refractivity contribution in [3.8, 4) is 23.5 Å². The van der Waals surface area contributed by atoms with Gasteiger partial charge in [-0.3, -0.25) is 28.9 Å². The first-order valence-corrected chi connectivity index (χ1v) is 27.2. The highest BCUT2D eigenvalue weighted by Crippen LogP contribution is 2.41. The summed E-state index contributed by atoms with van der Waals surface area (Å²) in [5.74, 6) is 0.0292. The molecule has 1 aliphatic carbocycles. The average molecular weight is 961 g/mol. The molecule has 1 aromatic carbocycles. The number of halogens is 2. The second-order valence-corrected chi connectivity index (χ2v) is 21.6. The fourth-order valence-corrected chi connectivity index (χ4v) is 10.6. The van der Waals surface area contributed by atoms with E-state index in [1.54, 1.807) is 13.1 Å². The average Bonchev–Trinajstić information content (AvgIpc) is 3.87. The summed E-state index contributed by atoms with van der Waals surface area (Å²) in [6.07, 6.45) is 22.3. The van der Waals surface area contributed by atoms with Gasteiger partial charge in [-0.2, -0.15) is 11.8 Å². The molecule has 2 aromatic rings. The van der Waals surface area contributed by atoms with Gasteiger partial charge in [-0.15, -0.1) is 6.42 Å². The Bertz CT molecular complexity index is 2140. The van der Waals surface area contributed by atoms with Gasteiger partial charge < -0.3 is 24.8 Å². The Hall–Kier alpha value is -5.27. The molecule has 2 heterocycles. The Morgan fingerprint density at radius 3 is 2.40 bits per heavy atom. The molecule has 4 rings (SSSR count). The number of hydrogen-bond acceptors (Lipinski definition) is 8. The van der Waals surface area contributed by atoms with Crippen molar-refractivity contribution in [2.75, 3.05) is 44.3 Å². The van der Waals surface area contributed by atoms with E-state index in [4.69, 9.17) is 11.2 Å². The number of carbonyl (C=O) groups is 6. The normalized spacial score (nSPS) is 15.7. The van der Waals surface area contributed by atoms with E-state index in [9.17, 15) is 33.2 Å². The lowest BCUT2D eigenvalue weighted by Gasteiger charge is -2.40. The molecule has 363 valence electrons. The van der Waals surface area contributed by atoms with Crippen LogP contribution in [0, 0.1) is 35.8 Å². The van der Waals surface area contributed by atoms with Crippen molar-refractivity contribution in [2.24, 2.45) is 11.8 Å². The minimum Gasteiger partial charge on any atom is -0.450 e. The van der Waals surface area contributed by atoms with Gasteiger partial charge in [0.1, 0.15) is 11.6 Å². The minimum atomic E-state index is -0.643. The van der Waals surface area contributed by atoms with Crippen LogP contribution in [0.5, 0.6) is 0 Å². The van der Waals surface area contributed by atoms with Crippen molar-refractivity contribution in [1.29, 1.82) is 0 Å². The SMILES string of the molecule is C#C/C(=C\C=C/C)Cn1cc(-c2cc(F)ccc2F)cc1[C@@H](C1CCCCC1)N(CCCNC(=O)OCC(CC)[Si](C)C)C(=O)CSC[C@@H](C)C(=O)NCCCCC(=O)CN1C(=O)C=CC1=O. The number of ether oxygens (including phenoxy) is 1. The molecule has 2 N–H and O–H groups in total. The van der Waals surface area contributed by atoms with Gasteiger partial charge in [-0.25, -0.2) is 13.6 Å². The highest BCUT2D eigenvalue weighted by molar-refractivity contribution is 7.99. The number of allylic oxidation sites excluding steroid dienone is 4. The maximum atomic E-state index is 15.4. The van der Waals surface area contributed by atoms with Crippen LogP contribution in [0.25, 0.3) is 11.1 Å². The van der Waals surface area contributed by atoms with Crippen LogP contribution in [0.1, 0.15) is 96.7 Å². The predicted molar refractivity (Wildman–Crippen MR) is 262 cm³/mol. The molecule has 5 amide bonds. The minimum absolute atomic E-state index is 0.0283. The van der Waals surface area contributed by atoms with Gasteiger partial charge in [0.2, 0.25) is 11.8 Å². The smallest absolute Gasteiger partial charge is 0.407 e. The van der Waals surface area contributed by atoms with Crippen LogP contribution < -0.4 is 10.6 Å². The number of hydrogen-bond donors (Lipinski definition) is 2. The topological polar surface area (TPSA) is 147 Å². The van der Waals surface area contributed by atoms with Crippen LogP contribution in [0.3, 0.4) is 0 Å². The molecule has 67 heavy (non-hydrogen) atoms. The standard InChI is InChI=1S/C51H68F2N5O7SSi/c1-7-10-17-37(8-2)30-56-31-39(43-29-40(52)21-22-44(43)53)28-45(56)49(38-18-12-11-13-19-38)57(27-16-26-55-51(64)65-33-42(9-3)67(5)6)48(62)35-66-34-36(4)50(63)54-25-15-14-20-41(59)32-58-46(60)23-24-47(58)61/h2,7,10,17,21-24,28-29,31,36,38,42,49H,9,11-16,18-20,25-27,30,32-35H2,1,3-6H3,(H,54,63)(H,55,64)/b10-7-,37-17+/t36-,42?,49-/m1/s1. The lowest BCUT2D eigenvalue weighted by Crippen LogP contribution is -2.43. The first kappa shape index (κ1) is 54.3. The number of unbranched alkanes of at least 4 members (excludes halogenated alkanes) is 1. The molecule has 1 saturated carbocycles. The number of thioether (sulfide) groups is 1. The van der Waals surface area contributed by atoms with Crippen LogP contribution in [0.4, 0.5) is 13.6 Å². The van der Waals surface area contributed by atoms with Crippen molar-refractivity contribution in [1.82, 2.24) is 25.0 Å². The van der Waals surface area contributed by atoms with Crippen LogP contribution in [-0.4, -0.2) is 103 Å². The second kappa shape index (κ2) is 28.1. The molecule has 1 fully saturated rings. The van der Waals surface area contributed by atoms with Crippen LogP contribution in [0.2, 0.25) is 18.6 Å². The molecular weight excluding hydrogens is 893 g/mol. The number of benzene rings is 1. The number of aromatic nitrogens is 1. The monoisotopic (exact) mass is 960 g/mol. The lowest BCUT2D eigenvalue weighted by molar-refractivity contribution is -0.140. The third kappa shape index (κ3) is 17.1. The van der Waals surface area contributed by atoms with Crippen molar-refractivity contribution in [3.63, 3.8) is 0 Å². The summed E-state index contributed by atoms with van der Waals surface area (Å²) in [5.41, 5.74) is 2.27. The van der Waals surface area contributed by atoms with E-state index in [1.807, 2.05) is 40.7 Å². The van der Waals surface area contributed by atoms with Crippen molar-refractivity contribution in [3.05, 3.63) is 83.7 Å². The zero-order chi connectivity index (χ0) is 48.9. The third-order valence-corrected chi connectivity index (χ3v) is 15.7. The Morgan fingerprint density at radius 1 is 1.01 bits per heavy atom. The number of nitrogens with zero attached hydrogens (tertiary/aromatic N) is 3. The second-order valence-electron chi connectivity index (χ2n) is 17.6. The molecule has 1 aromatic heterocycles. The van der Waals surface area contributed by atoms with Gasteiger partial charge in [-0.1, -0.05) is 70.7 Å². The number of amides is 5. The highest BCUT2D eigenvalue weighted by atomic mass is 32.2. The number of carbonyl (C=O) groups excluding carboxylic acids is 6. The van der Waals surface area contributed by atoms with Gasteiger partial charge in [0.25, 0.3) is 11.8 Å². The Kier molecular flexibility index (Phi) is 22.8. The van der Waals surface area contributed by atoms with E-state index < -0.39 is 50.3 Å². The van der Waals surface area contributed by atoms with Gasteiger partial charge in [0.15, 0.2) is 5.78 Å². The van der Waals surface area contributed by atoms with Gasteiger partial charge in [-0.05, 0) is 80.8 Å². The lowest BCUT2D eigenvalue weighted by atomic mass is 9.81. The van der Waals surface area contributed by atoms with Crippen LogP contribution in [0.15, 0.2) is 66.4 Å². The molecule has 2 aliphatic rings. The number of ketones is 1. The first-order chi connectivity index (χ1) is 32.2. The predicted octanol–water partition coefficient (Wildman–Crippen LogP) is 8.82. The molecular formula is C51H68F2N5O7SSi. The fourth-order valence-electron chi connectivity index (χ4n) is 8.36. The molecule has 1 radical (unpaired) electrons. The number of imide groups is 1. The maximum Gasteiger partial charge on any atom is 0.407 e. The molecule has 16 heteroatoms. The Morgan fingerprint density at radius 2 is 1.73 bits per heavy atom. The summed E-state index contributed by atoms with van der Waals surface area (Å²) in [5, 5.41) is 5.78. The summed E-state index contributed by atoms with van der Waals surface area (Å²) in [6.45, 7) is 11.4. The van der Waals surface area contributed by atoms with E-state index in [0.29, 0.717) is 54.8 Å². The van der Waals surface area contributed by atoms with Gasteiger partial charge in [0, 0.05) is 87.3 Å². The molecule has 0 bridgehead atoms. The van der Waals surface area contributed by atoms with E-state index in [1.165, 1.54) is 17.8 Å². The van der Waals surface area contributed by atoms with E-state index in [-0.39, 0.29) is 67.4 Å². The maximum absolute atomic E-state index is 15.4.